The van der Waals surface area contributed by atoms with Gasteiger partial charge in [0.2, 0.25) is 11.8 Å². The SMILES string of the molecule is CCNc1nc(C)c([N+](=O)[O-])c(N(CC)C(C)C)n1. The highest BCUT2D eigenvalue weighted by Crippen LogP contribution is 2.30. The minimum Gasteiger partial charge on any atom is -0.354 e. The molecule has 0 radical (unpaired) electrons. The van der Waals surface area contributed by atoms with E-state index in [1.165, 1.54) is 0 Å². The van der Waals surface area contributed by atoms with Crippen LogP contribution in [-0.2, 0) is 0 Å². The van der Waals surface area contributed by atoms with Gasteiger partial charge in [0.05, 0.1) is 4.92 Å². The summed E-state index contributed by atoms with van der Waals surface area (Å²) in [5, 5.41) is 14.2. The Labute approximate surface area is 113 Å². The van der Waals surface area contributed by atoms with Gasteiger partial charge in [-0.1, -0.05) is 0 Å². The quantitative estimate of drug-likeness (QED) is 0.629. The predicted molar refractivity (Wildman–Crippen MR) is 75.7 cm³/mol. The molecule has 0 aliphatic heterocycles. The molecule has 19 heavy (non-hydrogen) atoms. The van der Waals surface area contributed by atoms with E-state index in [0.717, 1.165) is 0 Å². The van der Waals surface area contributed by atoms with Gasteiger partial charge in [-0.05, 0) is 34.6 Å². The van der Waals surface area contributed by atoms with Crippen molar-refractivity contribution in [3.05, 3.63) is 15.8 Å². The second-order valence-corrected chi connectivity index (χ2v) is 4.47. The summed E-state index contributed by atoms with van der Waals surface area (Å²) in [5.41, 5.74) is 0.363. The Morgan fingerprint density at radius 2 is 2.00 bits per heavy atom. The summed E-state index contributed by atoms with van der Waals surface area (Å²) in [5.74, 6) is 0.811. The van der Waals surface area contributed by atoms with E-state index in [4.69, 9.17) is 0 Å². The van der Waals surface area contributed by atoms with Crippen molar-refractivity contribution in [2.75, 3.05) is 23.3 Å². The number of nitrogens with one attached hydrogen (secondary N) is 1. The Bertz CT molecular complexity index is 462. The summed E-state index contributed by atoms with van der Waals surface area (Å²) in [7, 11) is 0. The first-order valence-electron chi connectivity index (χ1n) is 6.45. The summed E-state index contributed by atoms with van der Waals surface area (Å²) < 4.78 is 0. The molecule has 0 atom stereocenters. The van der Waals surface area contributed by atoms with E-state index in [1.54, 1.807) is 6.92 Å². The van der Waals surface area contributed by atoms with Crippen LogP contribution in [0.15, 0.2) is 0 Å². The lowest BCUT2D eigenvalue weighted by molar-refractivity contribution is -0.385. The third-order valence-corrected chi connectivity index (χ3v) is 2.79. The topological polar surface area (TPSA) is 84.2 Å². The van der Waals surface area contributed by atoms with Crippen molar-refractivity contribution in [2.45, 2.75) is 40.7 Å². The van der Waals surface area contributed by atoms with Crippen LogP contribution in [0.2, 0.25) is 0 Å². The molecular formula is C12H21N5O2. The van der Waals surface area contributed by atoms with Crippen molar-refractivity contribution < 1.29 is 4.92 Å². The molecule has 1 aromatic heterocycles. The van der Waals surface area contributed by atoms with Crippen molar-refractivity contribution in [3.8, 4) is 0 Å². The van der Waals surface area contributed by atoms with E-state index in [1.807, 2.05) is 32.6 Å². The second kappa shape index (κ2) is 6.31. The number of hydrogen-bond donors (Lipinski definition) is 1. The monoisotopic (exact) mass is 267 g/mol. The Balaban J connectivity index is 3.42. The van der Waals surface area contributed by atoms with Crippen LogP contribution in [0.1, 0.15) is 33.4 Å². The molecule has 0 aromatic carbocycles. The maximum absolute atomic E-state index is 11.2. The van der Waals surface area contributed by atoms with Gasteiger partial charge < -0.3 is 10.2 Å². The Kier molecular flexibility index (Phi) is 5.02. The van der Waals surface area contributed by atoms with E-state index in [9.17, 15) is 10.1 Å². The second-order valence-electron chi connectivity index (χ2n) is 4.47. The normalized spacial score (nSPS) is 10.6. The zero-order chi connectivity index (χ0) is 14.6. The third kappa shape index (κ3) is 3.30. The molecule has 106 valence electrons. The van der Waals surface area contributed by atoms with Gasteiger partial charge in [0, 0.05) is 19.1 Å². The average Bonchev–Trinajstić information content (AvgIpc) is 2.28. The van der Waals surface area contributed by atoms with E-state index in [2.05, 4.69) is 15.3 Å². The molecule has 1 N–H and O–H groups in total. The molecule has 0 saturated heterocycles. The van der Waals surface area contributed by atoms with Gasteiger partial charge in [0.1, 0.15) is 5.69 Å². The molecule has 0 aliphatic carbocycles. The Hall–Kier alpha value is -1.92. The number of hydrogen-bond acceptors (Lipinski definition) is 6. The molecule has 7 heteroatoms. The van der Waals surface area contributed by atoms with Crippen molar-refractivity contribution in [1.29, 1.82) is 0 Å². The summed E-state index contributed by atoms with van der Waals surface area (Å²) in [6.07, 6.45) is 0. The van der Waals surface area contributed by atoms with Gasteiger partial charge in [-0.2, -0.15) is 4.98 Å². The minimum absolute atomic E-state index is 0.0165. The molecule has 0 saturated carbocycles. The van der Waals surface area contributed by atoms with E-state index < -0.39 is 4.92 Å². The fourth-order valence-electron chi connectivity index (χ4n) is 1.96. The smallest absolute Gasteiger partial charge is 0.332 e. The molecule has 0 bridgehead atoms. The van der Waals surface area contributed by atoms with E-state index in [0.29, 0.717) is 30.5 Å². The Morgan fingerprint density at radius 1 is 1.37 bits per heavy atom. The largest absolute Gasteiger partial charge is 0.354 e. The molecule has 1 aromatic rings. The summed E-state index contributed by atoms with van der Waals surface area (Å²) in [6.45, 7) is 10.8. The fourth-order valence-corrected chi connectivity index (χ4v) is 1.96. The number of aryl methyl sites for hydroxylation is 1. The van der Waals surface area contributed by atoms with Gasteiger partial charge in [0.15, 0.2) is 0 Å². The number of anilines is 2. The standard InChI is InChI=1S/C12H21N5O2/c1-6-13-12-14-9(5)10(17(18)19)11(15-12)16(7-2)8(3)4/h8H,6-7H2,1-5H3,(H,13,14,15). The first kappa shape index (κ1) is 15.1. The van der Waals surface area contributed by atoms with Gasteiger partial charge in [-0.25, -0.2) is 4.98 Å². The molecule has 7 nitrogen and oxygen atoms in total. The van der Waals surface area contributed by atoms with E-state index >= 15 is 0 Å². The molecule has 0 amide bonds. The van der Waals surface area contributed by atoms with Crippen LogP contribution >= 0.6 is 0 Å². The lowest BCUT2D eigenvalue weighted by atomic mass is 10.2. The van der Waals surface area contributed by atoms with Crippen molar-refractivity contribution in [1.82, 2.24) is 9.97 Å². The summed E-state index contributed by atoms with van der Waals surface area (Å²) in [4.78, 5) is 21.1. The summed E-state index contributed by atoms with van der Waals surface area (Å²) in [6, 6.07) is 0.132. The maximum Gasteiger partial charge on any atom is 0.332 e. The van der Waals surface area contributed by atoms with Crippen LogP contribution in [0.4, 0.5) is 17.5 Å². The van der Waals surface area contributed by atoms with Crippen LogP contribution in [0.5, 0.6) is 0 Å². The molecule has 0 aliphatic rings. The molecule has 0 unspecified atom stereocenters. The highest BCUT2D eigenvalue weighted by atomic mass is 16.6. The van der Waals surface area contributed by atoms with Crippen LogP contribution in [0, 0.1) is 17.0 Å². The first-order valence-corrected chi connectivity index (χ1v) is 6.45. The highest BCUT2D eigenvalue weighted by molar-refractivity contribution is 5.62. The number of rotatable bonds is 6. The predicted octanol–water partition coefficient (Wildman–Crippen LogP) is 2.36. The van der Waals surface area contributed by atoms with Gasteiger partial charge in [-0.15, -0.1) is 0 Å². The van der Waals surface area contributed by atoms with E-state index in [-0.39, 0.29) is 11.7 Å². The zero-order valence-electron chi connectivity index (χ0n) is 12.1. The number of aromatic nitrogens is 2. The third-order valence-electron chi connectivity index (χ3n) is 2.79. The van der Waals surface area contributed by atoms with Crippen LogP contribution in [0.25, 0.3) is 0 Å². The zero-order valence-corrected chi connectivity index (χ0v) is 12.1. The van der Waals surface area contributed by atoms with Crippen molar-refractivity contribution >= 4 is 17.5 Å². The van der Waals surface area contributed by atoms with Crippen LogP contribution < -0.4 is 10.2 Å². The summed E-state index contributed by atoms with van der Waals surface area (Å²) >= 11 is 0. The molecule has 1 rings (SSSR count). The van der Waals surface area contributed by atoms with Crippen molar-refractivity contribution in [3.63, 3.8) is 0 Å². The van der Waals surface area contributed by atoms with Crippen LogP contribution in [0.3, 0.4) is 0 Å². The van der Waals surface area contributed by atoms with Crippen LogP contribution in [-0.4, -0.2) is 34.0 Å². The molecule has 0 spiro atoms. The molecule has 1 heterocycles. The lowest BCUT2D eigenvalue weighted by Crippen LogP contribution is -2.32. The Morgan fingerprint density at radius 3 is 2.42 bits per heavy atom. The van der Waals surface area contributed by atoms with Crippen molar-refractivity contribution in [2.24, 2.45) is 0 Å². The van der Waals surface area contributed by atoms with Gasteiger partial charge >= 0.3 is 5.69 Å². The van der Waals surface area contributed by atoms with Gasteiger partial charge in [-0.3, -0.25) is 10.1 Å². The fraction of sp³-hybridized carbons (Fsp3) is 0.667. The number of nitrogens with zero attached hydrogens (tertiary/aromatic N) is 4. The highest BCUT2D eigenvalue weighted by Gasteiger charge is 2.26. The maximum atomic E-state index is 11.2. The average molecular weight is 267 g/mol. The van der Waals surface area contributed by atoms with Gasteiger partial charge in [0.25, 0.3) is 0 Å². The first-order chi connectivity index (χ1) is 8.92. The lowest BCUT2D eigenvalue weighted by Gasteiger charge is -2.26. The minimum atomic E-state index is -0.411. The number of nitro groups is 1. The molecule has 0 fully saturated rings. The molecular weight excluding hydrogens is 246 g/mol.